The molecule has 0 bridgehead atoms. The van der Waals surface area contributed by atoms with Crippen LogP contribution in [0.25, 0.3) is 72.1 Å². The molecule has 0 aliphatic heterocycles. The Bertz CT molecular complexity index is 2480. The Morgan fingerprint density at radius 3 is 1.01 bits per heavy atom. The first-order valence-electron chi connectivity index (χ1n) is 27.8. The number of anilines is 2. The Morgan fingerprint density at radius 1 is 0.366 bits per heavy atom. The van der Waals surface area contributed by atoms with Crippen LogP contribution in [-0.4, -0.2) is 44.9 Å². The Balaban J connectivity index is 0.913. The lowest BCUT2D eigenvalue weighted by Crippen LogP contribution is -2.25. The predicted octanol–water partition coefficient (Wildman–Crippen LogP) is 20.8. The van der Waals surface area contributed by atoms with Gasteiger partial charge in [0.15, 0.2) is 0 Å². The first-order chi connectivity index (χ1) is 35.1. The summed E-state index contributed by atoms with van der Waals surface area (Å²) in [4.78, 5) is 20.2. The Morgan fingerprint density at radius 2 is 0.690 bits per heavy atom. The first kappa shape index (κ1) is 53.5. The van der Waals surface area contributed by atoms with Crippen LogP contribution < -0.4 is 9.80 Å². The van der Waals surface area contributed by atoms with Gasteiger partial charge in [-0.15, -0.1) is 45.3 Å². The van der Waals surface area contributed by atoms with Gasteiger partial charge in [-0.05, 0) is 86.3 Å². The number of aromatic nitrogens is 4. The molecule has 5 heterocycles. The molecule has 0 saturated heterocycles. The molecule has 0 amide bonds. The number of thiazole rings is 2. The van der Waals surface area contributed by atoms with Gasteiger partial charge in [0.25, 0.3) is 0 Å². The van der Waals surface area contributed by atoms with Crippen LogP contribution in [-0.2, 0) is 0 Å². The highest BCUT2D eigenvalue weighted by Crippen LogP contribution is 2.45. The molecule has 3 aromatic carbocycles. The zero-order valence-electron chi connectivity index (χ0n) is 43.5. The standard InChI is InChI=1S/C60H80N6S5/c1-5-9-13-17-21-25-39-65(40-26-22-18-14-10-6-2)47-33-29-45(30-34-47)57-61-59-53(69-57)43-51(67-59)49-37-38-50(56-55(49)63-71-64-56)52-44-54-60(68-52)62-58(70-54)46-31-35-48(36-32-46)66(41-27-23-19-15-11-7-3)42-28-24-20-16-12-8-4/h29-38,43-44H,5-28,39-42H2,1-4H3. The van der Waals surface area contributed by atoms with E-state index in [1.807, 2.05) is 0 Å². The van der Waals surface area contributed by atoms with Crippen molar-refractivity contribution >= 4 is 98.5 Å². The molecule has 6 nitrogen and oxygen atoms in total. The van der Waals surface area contributed by atoms with E-state index >= 15 is 0 Å². The van der Waals surface area contributed by atoms with Crippen molar-refractivity contribution in [1.29, 1.82) is 0 Å². The molecule has 0 fully saturated rings. The maximum Gasteiger partial charge on any atom is 0.135 e. The summed E-state index contributed by atoms with van der Waals surface area (Å²) in [6.45, 7) is 13.8. The van der Waals surface area contributed by atoms with Crippen LogP contribution in [0.1, 0.15) is 182 Å². The van der Waals surface area contributed by atoms with Gasteiger partial charge in [-0.25, -0.2) is 9.97 Å². The van der Waals surface area contributed by atoms with Crippen LogP contribution in [0.4, 0.5) is 11.4 Å². The van der Waals surface area contributed by atoms with Gasteiger partial charge < -0.3 is 9.80 Å². The van der Waals surface area contributed by atoms with Crippen molar-refractivity contribution in [3.05, 3.63) is 72.8 Å². The Kier molecular flexibility index (Phi) is 21.6. The number of benzene rings is 3. The summed E-state index contributed by atoms with van der Waals surface area (Å²) in [6.07, 6.45) is 32.0. The third-order valence-electron chi connectivity index (χ3n) is 14.2. The van der Waals surface area contributed by atoms with Gasteiger partial charge in [-0.1, -0.05) is 168 Å². The van der Waals surface area contributed by atoms with E-state index in [0.717, 1.165) is 68.0 Å². The Labute approximate surface area is 446 Å². The minimum atomic E-state index is 0.969. The van der Waals surface area contributed by atoms with Crippen molar-refractivity contribution in [2.24, 2.45) is 0 Å². The second kappa shape index (κ2) is 28.6. The summed E-state index contributed by atoms with van der Waals surface area (Å²) in [7, 11) is 0. The van der Waals surface area contributed by atoms with E-state index in [0.29, 0.717) is 0 Å². The third-order valence-corrected chi connectivity index (χ3v) is 19.2. The second-order valence-corrected chi connectivity index (χ2v) is 24.5. The van der Waals surface area contributed by atoms with Crippen LogP contribution in [0, 0.1) is 0 Å². The van der Waals surface area contributed by atoms with E-state index in [1.165, 1.54) is 207 Å². The maximum atomic E-state index is 5.19. The fraction of sp³-hybridized carbons (Fsp3) is 0.533. The van der Waals surface area contributed by atoms with Crippen LogP contribution in [0.5, 0.6) is 0 Å². The normalized spacial score (nSPS) is 11.8. The summed E-state index contributed by atoms with van der Waals surface area (Å²) >= 11 is 8.42. The third kappa shape index (κ3) is 15.0. The van der Waals surface area contributed by atoms with Crippen molar-refractivity contribution < 1.29 is 0 Å². The van der Waals surface area contributed by atoms with Gasteiger partial charge >= 0.3 is 0 Å². The summed E-state index contributed by atoms with van der Waals surface area (Å²) in [5, 5.41) is 2.18. The van der Waals surface area contributed by atoms with E-state index in [-0.39, 0.29) is 0 Å². The molecule has 8 rings (SSSR count). The zero-order valence-corrected chi connectivity index (χ0v) is 47.5. The monoisotopic (exact) mass is 1040 g/mol. The predicted molar refractivity (Wildman–Crippen MR) is 319 cm³/mol. The van der Waals surface area contributed by atoms with Crippen molar-refractivity contribution in [3.8, 4) is 42.0 Å². The molecule has 0 unspecified atom stereocenters. The van der Waals surface area contributed by atoms with Gasteiger partial charge in [0.2, 0.25) is 0 Å². The molecule has 0 radical (unpaired) electrons. The van der Waals surface area contributed by atoms with E-state index in [4.69, 9.17) is 18.7 Å². The molecule has 11 heteroatoms. The topological polar surface area (TPSA) is 58.0 Å². The number of unbranched alkanes of at least 4 members (excludes halogenated alkanes) is 20. The fourth-order valence-corrected chi connectivity index (χ4v) is 15.0. The molecule has 0 aliphatic carbocycles. The van der Waals surface area contributed by atoms with Gasteiger partial charge in [0, 0.05) is 69.6 Å². The van der Waals surface area contributed by atoms with Crippen LogP contribution in [0.3, 0.4) is 0 Å². The van der Waals surface area contributed by atoms with Crippen molar-refractivity contribution in [2.45, 2.75) is 182 Å². The van der Waals surface area contributed by atoms with Gasteiger partial charge in [0.1, 0.15) is 30.7 Å². The molecule has 8 aromatic rings. The number of nitrogens with zero attached hydrogens (tertiary/aromatic N) is 6. The van der Waals surface area contributed by atoms with E-state index < -0.39 is 0 Å². The number of hydrogen-bond donors (Lipinski definition) is 0. The highest BCUT2D eigenvalue weighted by Gasteiger charge is 2.20. The lowest BCUT2D eigenvalue weighted by molar-refractivity contribution is 0.575. The van der Waals surface area contributed by atoms with Crippen LogP contribution in [0.15, 0.2) is 72.8 Å². The van der Waals surface area contributed by atoms with Crippen LogP contribution in [0.2, 0.25) is 0 Å². The summed E-state index contributed by atoms with van der Waals surface area (Å²) < 4.78 is 12.2. The van der Waals surface area contributed by atoms with Gasteiger partial charge in [-0.2, -0.15) is 8.75 Å². The first-order valence-corrected chi connectivity index (χ1v) is 31.8. The summed E-state index contributed by atoms with van der Waals surface area (Å²) in [5.74, 6) is 0. The van der Waals surface area contributed by atoms with Crippen molar-refractivity contribution in [2.75, 3.05) is 36.0 Å². The quantitative estimate of drug-likeness (QED) is 0.0375. The number of hydrogen-bond acceptors (Lipinski definition) is 11. The highest BCUT2D eigenvalue weighted by molar-refractivity contribution is 7.31. The summed E-state index contributed by atoms with van der Waals surface area (Å²) in [6, 6.07) is 27.6. The van der Waals surface area contributed by atoms with E-state index in [9.17, 15) is 0 Å². The molecule has 0 spiro atoms. The minimum absolute atomic E-state index is 0.969. The second-order valence-electron chi connectivity index (χ2n) is 19.9. The molecule has 5 aromatic heterocycles. The molecular weight excluding hydrogens is 965 g/mol. The molecular formula is C60H80N6S5. The molecule has 0 saturated carbocycles. The molecule has 380 valence electrons. The molecule has 71 heavy (non-hydrogen) atoms. The van der Waals surface area contributed by atoms with Crippen molar-refractivity contribution in [3.63, 3.8) is 0 Å². The SMILES string of the molecule is CCCCCCCCN(CCCCCCCC)c1ccc(-c2nc3sc(-c4ccc(-c5cc6sc(-c7ccc(N(CCCCCCCC)CCCCCCCC)cc7)nc6s5)c5nsnc45)cc3s2)cc1. The zero-order chi connectivity index (χ0) is 49.0. The fourth-order valence-electron chi connectivity index (χ4n) is 9.95. The number of rotatable bonds is 34. The lowest BCUT2D eigenvalue weighted by atomic mass is 10.1. The lowest BCUT2D eigenvalue weighted by Gasteiger charge is -2.25. The average molecular weight is 1050 g/mol. The van der Waals surface area contributed by atoms with Gasteiger partial charge in [0.05, 0.1) is 21.1 Å². The largest absolute Gasteiger partial charge is 0.372 e. The van der Waals surface area contributed by atoms with E-state index in [1.54, 1.807) is 45.3 Å². The maximum absolute atomic E-state index is 5.19. The molecule has 0 aliphatic rings. The van der Waals surface area contributed by atoms with Gasteiger partial charge in [-0.3, -0.25) is 0 Å². The highest BCUT2D eigenvalue weighted by atomic mass is 32.1. The Hall–Kier alpha value is -3.74. The minimum Gasteiger partial charge on any atom is -0.372 e. The number of thiophene rings is 2. The van der Waals surface area contributed by atoms with E-state index in [2.05, 4.69) is 110 Å². The van der Waals surface area contributed by atoms with Crippen molar-refractivity contribution in [1.82, 2.24) is 18.7 Å². The molecule has 0 atom stereocenters. The number of fused-ring (bicyclic) bond motifs is 3. The molecule has 0 N–H and O–H groups in total. The summed E-state index contributed by atoms with van der Waals surface area (Å²) in [5.41, 5.74) is 9.31. The average Bonchev–Trinajstić information content (AvgIpc) is 4.25. The smallest absolute Gasteiger partial charge is 0.135 e. The van der Waals surface area contributed by atoms with Crippen LogP contribution >= 0.6 is 57.1 Å².